The standard InChI is InChI=1S/C17H28O4/c1-12(2)13(3)17(18)14-7-8-15(20-5)16(11-14)21-10-6-9-19-4/h7-8,11-13,17-18H,6,9-10H2,1-5H3/t13-,17-/m0/s1. The molecule has 1 N–H and O–H groups in total. The molecule has 0 aromatic heterocycles. The number of aliphatic hydroxyl groups is 1. The molecule has 0 radical (unpaired) electrons. The lowest BCUT2D eigenvalue weighted by Crippen LogP contribution is -2.15. The summed E-state index contributed by atoms with van der Waals surface area (Å²) in [4.78, 5) is 0. The number of methoxy groups -OCH3 is 2. The molecule has 1 rings (SSSR count). The van der Waals surface area contributed by atoms with Crippen molar-refractivity contribution < 1.29 is 19.3 Å². The molecule has 0 aliphatic heterocycles. The first kappa shape index (κ1) is 17.8. The molecular formula is C17H28O4. The Balaban J connectivity index is 2.83. The monoisotopic (exact) mass is 296 g/mol. The number of benzene rings is 1. The molecule has 0 heterocycles. The van der Waals surface area contributed by atoms with E-state index in [9.17, 15) is 5.11 Å². The van der Waals surface area contributed by atoms with Gasteiger partial charge in [0.2, 0.25) is 0 Å². The van der Waals surface area contributed by atoms with Crippen molar-refractivity contribution in [2.75, 3.05) is 27.4 Å². The molecule has 0 bridgehead atoms. The second kappa shape index (κ2) is 8.90. The normalized spacial score (nSPS) is 14.0. The van der Waals surface area contributed by atoms with Gasteiger partial charge in [-0.1, -0.05) is 26.8 Å². The van der Waals surface area contributed by atoms with Crippen molar-refractivity contribution in [1.82, 2.24) is 0 Å². The molecule has 4 nitrogen and oxygen atoms in total. The van der Waals surface area contributed by atoms with Gasteiger partial charge in [-0.25, -0.2) is 0 Å². The molecule has 0 aliphatic rings. The highest BCUT2D eigenvalue weighted by Gasteiger charge is 2.20. The molecular weight excluding hydrogens is 268 g/mol. The minimum Gasteiger partial charge on any atom is -0.493 e. The maximum absolute atomic E-state index is 10.4. The molecule has 4 heteroatoms. The predicted octanol–water partition coefficient (Wildman–Crippen LogP) is 3.44. The Morgan fingerprint density at radius 1 is 1.05 bits per heavy atom. The molecule has 0 spiro atoms. The lowest BCUT2D eigenvalue weighted by atomic mass is 9.88. The van der Waals surface area contributed by atoms with Gasteiger partial charge in [0, 0.05) is 20.1 Å². The van der Waals surface area contributed by atoms with Crippen LogP contribution in [0.3, 0.4) is 0 Å². The second-order valence-corrected chi connectivity index (χ2v) is 5.65. The van der Waals surface area contributed by atoms with E-state index in [4.69, 9.17) is 14.2 Å². The van der Waals surface area contributed by atoms with Gasteiger partial charge < -0.3 is 19.3 Å². The molecule has 0 aliphatic carbocycles. The molecule has 1 aromatic carbocycles. The second-order valence-electron chi connectivity index (χ2n) is 5.65. The molecule has 0 unspecified atom stereocenters. The first-order chi connectivity index (χ1) is 10.0. The Kier molecular flexibility index (Phi) is 7.54. The first-order valence-electron chi connectivity index (χ1n) is 7.49. The summed E-state index contributed by atoms with van der Waals surface area (Å²) in [6.45, 7) is 7.50. The quantitative estimate of drug-likeness (QED) is 0.709. The van der Waals surface area contributed by atoms with E-state index < -0.39 is 6.10 Å². The number of aliphatic hydroxyl groups excluding tert-OH is 1. The van der Waals surface area contributed by atoms with Crippen molar-refractivity contribution in [2.24, 2.45) is 11.8 Å². The van der Waals surface area contributed by atoms with Gasteiger partial charge in [-0.15, -0.1) is 0 Å². The van der Waals surface area contributed by atoms with Crippen molar-refractivity contribution in [3.63, 3.8) is 0 Å². The third kappa shape index (κ3) is 5.21. The Labute approximate surface area is 128 Å². The van der Waals surface area contributed by atoms with Crippen LogP contribution < -0.4 is 9.47 Å². The Hall–Kier alpha value is -1.26. The lowest BCUT2D eigenvalue weighted by molar-refractivity contribution is 0.0916. The summed E-state index contributed by atoms with van der Waals surface area (Å²) >= 11 is 0. The SMILES string of the molecule is COCCCOc1cc([C@@H](O)[C@@H](C)C(C)C)ccc1OC. The Bertz CT molecular complexity index is 417. The van der Waals surface area contributed by atoms with E-state index in [1.165, 1.54) is 0 Å². The molecule has 2 atom stereocenters. The van der Waals surface area contributed by atoms with E-state index in [-0.39, 0.29) is 5.92 Å². The summed E-state index contributed by atoms with van der Waals surface area (Å²) in [6, 6.07) is 5.61. The fourth-order valence-electron chi connectivity index (χ4n) is 2.04. The van der Waals surface area contributed by atoms with E-state index in [2.05, 4.69) is 20.8 Å². The number of hydrogen-bond acceptors (Lipinski definition) is 4. The number of rotatable bonds is 9. The van der Waals surface area contributed by atoms with Crippen LogP contribution in [0.25, 0.3) is 0 Å². The maximum Gasteiger partial charge on any atom is 0.161 e. The molecule has 120 valence electrons. The van der Waals surface area contributed by atoms with Gasteiger partial charge >= 0.3 is 0 Å². The van der Waals surface area contributed by atoms with Crippen LogP contribution in [-0.4, -0.2) is 32.5 Å². The summed E-state index contributed by atoms with van der Waals surface area (Å²) in [5.41, 5.74) is 0.860. The number of hydrogen-bond donors (Lipinski definition) is 1. The molecule has 0 amide bonds. The average molecular weight is 296 g/mol. The first-order valence-corrected chi connectivity index (χ1v) is 7.49. The predicted molar refractivity (Wildman–Crippen MR) is 83.9 cm³/mol. The van der Waals surface area contributed by atoms with Crippen LogP contribution in [0, 0.1) is 11.8 Å². The van der Waals surface area contributed by atoms with Crippen LogP contribution in [0.1, 0.15) is 38.9 Å². The van der Waals surface area contributed by atoms with Crippen molar-refractivity contribution in [1.29, 1.82) is 0 Å². The van der Waals surface area contributed by atoms with Gasteiger partial charge in [0.15, 0.2) is 11.5 Å². The lowest BCUT2D eigenvalue weighted by Gasteiger charge is -2.23. The van der Waals surface area contributed by atoms with Crippen LogP contribution in [0.5, 0.6) is 11.5 Å². The molecule has 1 aromatic rings. The van der Waals surface area contributed by atoms with E-state index in [1.54, 1.807) is 14.2 Å². The summed E-state index contributed by atoms with van der Waals surface area (Å²) in [5, 5.41) is 10.4. The van der Waals surface area contributed by atoms with Crippen molar-refractivity contribution in [2.45, 2.75) is 33.3 Å². The summed E-state index contributed by atoms with van der Waals surface area (Å²) < 4.78 is 16.1. The largest absolute Gasteiger partial charge is 0.493 e. The highest BCUT2D eigenvalue weighted by atomic mass is 16.5. The van der Waals surface area contributed by atoms with Gasteiger partial charge in [-0.3, -0.25) is 0 Å². The van der Waals surface area contributed by atoms with E-state index in [0.29, 0.717) is 30.6 Å². The van der Waals surface area contributed by atoms with E-state index in [0.717, 1.165) is 12.0 Å². The van der Waals surface area contributed by atoms with Crippen LogP contribution in [0.2, 0.25) is 0 Å². The summed E-state index contributed by atoms with van der Waals surface area (Å²) in [5.74, 6) is 1.94. The highest BCUT2D eigenvalue weighted by Crippen LogP contribution is 2.34. The van der Waals surface area contributed by atoms with Gasteiger partial charge in [-0.05, 0) is 29.5 Å². The third-order valence-electron chi connectivity index (χ3n) is 3.83. The molecule has 0 saturated carbocycles. The summed E-state index contributed by atoms with van der Waals surface area (Å²) in [7, 11) is 3.29. The van der Waals surface area contributed by atoms with Gasteiger partial charge in [0.1, 0.15) is 0 Å². The van der Waals surface area contributed by atoms with Gasteiger partial charge in [-0.2, -0.15) is 0 Å². The van der Waals surface area contributed by atoms with Crippen LogP contribution in [0.15, 0.2) is 18.2 Å². The van der Waals surface area contributed by atoms with E-state index >= 15 is 0 Å². The molecule has 0 fully saturated rings. The smallest absolute Gasteiger partial charge is 0.161 e. The number of ether oxygens (including phenoxy) is 3. The van der Waals surface area contributed by atoms with Gasteiger partial charge in [0.25, 0.3) is 0 Å². The zero-order valence-corrected chi connectivity index (χ0v) is 13.8. The van der Waals surface area contributed by atoms with Crippen molar-refractivity contribution in [3.05, 3.63) is 23.8 Å². The van der Waals surface area contributed by atoms with Crippen molar-refractivity contribution >= 4 is 0 Å². The highest BCUT2D eigenvalue weighted by molar-refractivity contribution is 5.43. The minimum atomic E-state index is -0.503. The van der Waals surface area contributed by atoms with E-state index in [1.807, 2.05) is 18.2 Å². The Morgan fingerprint density at radius 2 is 1.76 bits per heavy atom. The fraction of sp³-hybridized carbons (Fsp3) is 0.647. The zero-order valence-electron chi connectivity index (χ0n) is 13.8. The maximum atomic E-state index is 10.4. The van der Waals surface area contributed by atoms with Crippen molar-refractivity contribution in [3.8, 4) is 11.5 Å². The minimum absolute atomic E-state index is 0.180. The third-order valence-corrected chi connectivity index (χ3v) is 3.83. The fourth-order valence-corrected chi connectivity index (χ4v) is 2.04. The topological polar surface area (TPSA) is 47.9 Å². The van der Waals surface area contributed by atoms with Gasteiger partial charge in [0.05, 0.1) is 19.8 Å². The zero-order chi connectivity index (χ0) is 15.8. The summed E-state index contributed by atoms with van der Waals surface area (Å²) in [6.07, 6.45) is 0.312. The average Bonchev–Trinajstić information content (AvgIpc) is 2.49. The Morgan fingerprint density at radius 3 is 2.33 bits per heavy atom. The molecule has 21 heavy (non-hydrogen) atoms. The van der Waals surface area contributed by atoms with Crippen LogP contribution in [-0.2, 0) is 4.74 Å². The van der Waals surface area contributed by atoms with Crippen LogP contribution >= 0.6 is 0 Å². The van der Waals surface area contributed by atoms with Crippen LogP contribution in [0.4, 0.5) is 0 Å². The molecule has 0 saturated heterocycles.